The predicted molar refractivity (Wildman–Crippen MR) is 75.4 cm³/mol. The number of carbonyl (C=O) groups excluding carboxylic acids is 1. The molecule has 18 heavy (non-hydrogen) atoms. The molecule has 1 saturated heterocycles. The van der Waals surface area contributed by atoms with Crippen molar-refractivity contribution < 1.29 is 4.79 Å². The van der Waals surface area contributed by atoms with Crippen molar-refractivity contribution >= 4 is 34.8 Å². The van der Waals surface area contributed by atoms with Gasteiger partial charge >= 0.3 is 0 Å². The Kier molecular flexibility index (Phi) is 6.52. The van der Waals surface area contributed by atoms with Crippen molar-refractivity contribution in [3.63, 3.8) is 0 Å². The van der Waals surface area contributed by atoms with Gasteiger partial charge in [0.1, 0.15) is 5.01 Å². The van der Waals surface area contributed by atoms with Crippen molar-refractivity contribution in [2.75, 3.05) is 11.9 Å². The van der Waals surface area contributed by atoms with E-state index in [2.05, 4.69) is 27.8 Å². The fourth-order valence-corrected chi connectivity index (χ4v) is 2.73. The standard InChI is InChI=1S/C11H18N4OS.ClH/c1-2-5-9-14-15-11(17-9)13-10(16)8-6-3-4-7-12-8;/h8,12H,2-7H2,1H3,(H,13,15,16);1H. The average molecular weight is 291 g/mol. The monoisotopic (exact) mass is 290 g/mol. The molecule has 1 aromatic heterocycles. The second-order valence-electron chi connectivity index (χ2n) is 4.24. The molecule has 102 valence electrons. The molecule has 0 bridgehead atoms. The van der Waals surface area contributed by atoms with Gasteiger partial charge in [0.15, 0.2) is 0 Å². The summed E-state index contributed by atoms with van der Waals surface area (Å²) in [5.74, 6) is 0.0175. The van der Waals surface area contributed by atoms with E-state index in [-0.39, 0.29) is 24.4 Å². The van der Waals surface area contributed by atoms with Crippen LogP contribution in [0, 0.1) is 0 Å². The van der Waals surface area contributed by atoms with E-state index in [0.29, 0.717) is 5.13 Å². The summed E-state index contributed by atoms with van der Waals surface area (Å²) in [5.41, 5.74) is 0. The Morgan fingerprint density at radius 3 is 3.00 bits per heavy atom. The Hall–Kier alpha value is -0.720. The molecule has 0 saturated carbocycles. The SMILES string of the molecule is CCCc1nnc(NC(=O)C2CCCCN2)s1.Cl. The molecule has 1 amide bonds. The molecule has 1 aliphatic rings. The minimum atomic E-state index is -0.0673. The minimum Gasteiger partial charge on any atom is -0.306 e. The van der Waals surface area contributed by atoms with Crippen LogP contribution in [0.1, 0.15) is 37.6 Å². The van der Waals surface area contributed by atoms with E-state index in [0.717, 1.165) is 43.7 Å². The summed E-state index contributed by atoms with van der Waals surface area (Å²) in [4.78, 5) is 11.9. The third-order valence-electron chi connectivity index (χ3n) is 2.79. The van der Waals surface area contributed by atoms with Crippen LogP contribution >= 0.6 is 23.7 Å². The molecular weight excluding hydrogens is 272 g/mol. The molecular formula is C11H19ClN4OS. The topological polar surface area (TPSA) is 66.9 Å². The number of aromatic nitrogens is 2. The van der Waals surface area contributed by atoms with E-state index in [1.807, 2.05) is 0 Å². The second kappa shape index (κ2) is 7.66. The lowest BCUT2D eigenvalue weighted by atomic mass is 10.0. The Morgan fingerprint density at radius 1 is 1.50 bits per heavy atom. The smallest absolute Gasteiger partial charge is 0.243 e. The molecule has 2 heterocycles. The van der Waals surface area contributed by atoms with Crippen LogP contribution in [-0.4, -0.2) is 28.7 Å². The molecule has 5 nitrogen and oxygen atoms in total. The number of rotatable bonds is 4. The van der Waals surface area contributed by atoms with E-state index >= 15 is 0 Å². The fourth-order valence-electron chi connectivity index (χ4n) is 1.89. The van der Waals surface area contributed by atoms with Crippen LogP contribution in [0.15, 0.2) is 0 Å². The zero-order valence-corrected chi connectivity index (χ0v) is 12.1. The lowest BCUT2D eigenvalue weighted by molar-refractivity contribution is -0.118. The van der Waals surface area contributed by atoms with Crippen LogP contribution in [0.4, 0.5) is 5.13 Å². The number of hydrogen-bond acceptors (Lipinski definition) is 5. The minimum absolute atomic E-state index is 0. The fraction of sp³-hybridized carbons (Fsp3) is 0.727. The number of halogens is 1. The molecule has 2 rings (SSSR count). The number of nitrogens with one attached hydrogen (secondary N) is 2. The molecule has 1 atom stereocenters. The van der Waals surface area contributed by atoms with Crippen molar-refractivity contribution in [1.82, 2.24) is 15.5 Å². The van der Waals surface area contributed by atoms with Gasteiger partial charge in [-0.05, 0) is 25.8 Å². The summed E-state index contributed by atoms with van der Waals surface area (Å²) in [6, 6.07) is -0.0673. The van der Waals surface area contributed by atoms with Gasteiger partial charge in [-0.3, -0.25) is 10.1 Å². The largest absolute Gasteiger partial charge is 0.306 e. The Bertz CT molecular complexity index is 379. The second-order valence-corrected chi connectivity index (χ2v) is 5.30. The normalized spacial score (nSPS) is 19.1. The van der Waals surface area contributed by atoms with E-state index < -0.39 is 0 Å². The highest BCUT2D eigenvalue weighted by Crippen LogP contribution is 2.17. The van der Waals surface area contributed by atoms with E-state index in [4.69, 9.17) is 0 Å². The van der Waals surface area contributed by atoms with Crippen LogP contribution in [0.2, 0.25) is 0 Å². The van der Waals surface area contributed by atoms with Crippen LogP contribution < -0.4 is 10.6 Å². The molecule has 7 heteroatoms. The summed E-state index contributed by atoms with van der Waals surface area (Å²) < 4.78 is 0. The van der Waals surface area contributed by atoms with Crippen LogP contribution in [0.5, 0.6) is 0 Å². The maximum Gasteiger partial charge on any atom is 0.243 e. The van der Waals surface area contributed by atoms with Crippen LogP contribution in [0.3, 0.4) is 0 Å². The number of nitrogens with zero attached hydrogens (tertiary/aromatic N) is 2. The summed E-state index contributed by atoms with van der Waals surface area (Å²) in [6.07, 6.45) is 5.15. The molecule has 0 aromatic carbocycles. The number of hydrogen-bond donors (Lipinski definition) is 2. The third-order valence-corrected chi connectivity index (χ3v) is 3.69. The number of anilines is 1. The van der Waals surface area contributed by atoms with Gasteiger partial charge in [-0.1, -0.05) is 24.7 Å². The summed E-state index contributed by atoms with van der Waals surface area (Å²) in [6.45, 7) is 3.03. The molecule has 0 radical (unpaired) electrons. The van der Waals surface area contributed by atoms with Gasteiger partial charge in [0.05, 0.1) is 6.04 Å². The number of amides is 1. The van der Waals surface area contributed by atoms with Gasteiger partial charge in [0, 0.05) is 6.42 Å². The molecule has 1 aliphatic heterocycles. The molecule has 1 fully saturated rings. The first-order valence-electron chi connectivity index (χ1n) is 6.16. The highest BCUT2D eigenvalue weighted by atomic mass is 35.5. The first kappa shape index (κ1) is 15.3. The number of aryl methyl sites for hydroxylation is 1. The van der Waals surface area contributed by atoms with E-state index in [1.165, 1.54) is 11.3 Å². The highest BCUT2D eigenvalue weighted by molar-refractivity contribution is 7.15. The summed E-state index contributed by atoms with van der Waals surface area (Å²) in [7, 11) is 0. The maximum atomic E-state index is 11.9. The summed E-state index contributed by atoms with van der Waals surface area (Å²) >= 11 is 1.47. The summed E-state index contributed by atoms with van der Waals surface area (Å²) in [5, 5.41) is 15.7. The van der Waals surface area contributed by atoms with E-state index in [9.17, 15) is 4.79 Å². The Morgan fingerprint density at radius 2 is 2.33 bits per heavy atom. The maximum absolute atomic E-state index is 11.9. The quantitative estimate of drug-likeness (QED) is 0.890. The average Bonchev–Trinajstić information content (AvgIpc) is 2.78. The Labute approximate surface area is 117 Å². The van der Waals surface area contributed by atoms with Gasteiger partial charge < -0.3 is 5.32 Å². The lowest BCUT2D eigenvalue weighted by Crippen LogP contribution is -2.43. The van der Waals surface area contributed by atoms with Gasteiger partial charge in [-0.2, -0.15) is 0 Å². The van der Waals surface area contributed by atoms with E-state index in [1.54, 1.807) is 0 Å². The van der Waals surface area contributed by atoms with Crippen molar-refractivity contribution in [2.24, 2.45) is 0 Å². The zero-order chi connectivity index (χ0) is 12.1. The van der Waals surface area contributed by atoms with Gasteiger partial charge in [0.25, 0.3) is 0 Å². The zero-order valence-electron chi connectivity index (χ0n) is 10.4. The first-order chi connectivity index (χ1) is 8.29. The third kappa shape index (κ3) is 4.19. The molecule has 0 spiro atoms. The van der Waals surface area contributed by atoms with Crippen molar-refractivity contribution in [2.45, 2.75) is 45.1 Å². The molecule has 0 aliphatic carbocycles. The van der Waals surface area contributed by atoms with Crippen LogP contribution in [0.25, 0.3) is 0 Å². The predicted octanol–water partition coefficient (Wildman–Crippen LogP) is 1.99. The number of carbonyl (C=O) groups is 1. The Balaban J connectivity index is 0.00000162. The molecule has 1 aromatic rings. The van der Waals surface area contributed by atoms with Crippen molar-refractivity contribution in [3.8, 4) is 0 Å². The van der Waals surface area contributed by atoms with Gasteiger partial charge in [0.2, 0.25) is 11.0 Å². The first-order valence-corrected chi connectivity index (χ1v) is 6.98. The van der Waals surface area contributed by atoms with Crippen molar-refractivity contribution in [1.29, 1.82) is 0 Å². The highest BCUT2D eigenvalue weighted by Gasteiger charge is 2.21. The molecule has 2 N–H and O–H groups in total. The lowest BCUT2D eigenvalue weighted by Gasteiger charge is -2.21. The van der Waals surface area contributed by atoms with Gasteiger partial charge in [-0.15, -0.1) is 22.6 Å². The van der Waals surface area contributed by atoms with Crippen molar-refractivity contribution in [3.05, 3.63) is 5.01 Å². The number of piperidine rings is 1. The van der Waals surface area contributed by atoms with Gasteiger partial charge in [-0.25, -0.2) is 0 Å². The van der Waals surface area contributed by atoms with Crippen LogP contribution in [-0.2, 0) is 11.2 Å². The molecule has 1 unspecified atom stereocenters.